The quantitative estimate of drug-likeness (QED) is 0.173. The van der Waals surface area contributed by atoms with Crippen LogP contribution in [-0.2, 0) is 0 Å². The van der Waals surface area contributed by atoms with E-state index < -0.39 is 0 Å². The highest BCUT2D eigenvalue weighted by Crippen LogP contribution is 2.42. The molecule has 0 radical (unpaired) electrons. The maximum atomic E-state index is 5.19. The molecule has 0 saturated carbocycles. The van der Waals surface area contributed by atoms with Crippen LogP contribution in [0.5, 0.6) is 0 Å². The number of thiophene rings is 1. The first-order chi connectivity index (χ1) is 25.7. The highest BCUT2D eigenvalue weighted by molar-refractivity contribution is 7.26. The molecule has 3 aromatic heterocycles. The van der Waals surface area contributed by atoms with E-state index in [0.717, 1.165) is 60.4 Å². The molecule has 0 unspecified atom stereocenters. The lowest BCUT2D eigenvalue weighted by Crippen LogP contribution is -2.00. The molecule has 244 valence electrons. The van der Waals surface area contributed by atoms with E-state index in [1.54, 1.807) is 22.7 Å². The minimum Gasteiger partial charge on any atom is -0.236 e. The van der Waals surface area contributed by atoms with Crippen LogP contribution in [0.1, 0.15) is 0 Å². The second-order valence-electron chi connectivity index (χ2n) is 12.7. The number of hydrogen-bond acceptors (Lipinski definition) is 6. The molecule has 0 aliphatic heterocycles. The number of para-hydroxylation sites is 1. The van der Waals surface area contributed by atoms with E-state index in [2.05, 4.69) is 140 Å². The van der Waals surface area contributed by atoms with Crippen molar-refractivity contribution in [2.45, 2.75) is 0 Å². The van der Waals surface area contributed by atoms with Crippen LogP contribution < -0.4 is 0 Å². The lowest BCUT2D eigenvalue weighted by Gasteiger charge is -2.11. The Morgan fingerprint density at radius 2 is 0.904 bits per heavy atom. The standard InChI is InChI=1S/C46H28N4S2/c1-3-12-29(13-4-1)31-16-9-18-34(26-31)44-48-43(30-14-5-2-6-15-30)49-45(50-44)36-20-11-23-41-42(36)37-28-33(24-25-39(37)51-41)32-17-10-19-35(27-32)46-47-38-21-7-8-22-40(38)52-46/h1-28H. The maximum absolute atomic E-state index is 5.19. The largest absolute Gasteiger partial charge is 0.236 e. The fraction of sp³-hybridized carbons (Fsp3) is 0. The van der Waals surface area contributed by atoms with Gasteiger partial charge in [0.1, 0.15) is 5.01 Å². The predicted octanol–water partition coefficient (Wildman–Crippen LogP) is 12.9. The SMILES string of the molecule is c1ccc(-c2cccc(-c3nc(-c4ccccc4)nc(-c4cccc5sc6ccc(-c7cccc(-c8nc9ccccc9s8)c7)cc6c45)n3)c2)cc1. The first-order valence-corrected chi connectivity index (χ1v) is 18.8. The number of aromatic nitrogens is 4. The molecule has 0 bridgehead atoms. The molecule has 0 fully saturated rings. The summed E-state index contributed by atoms with van der Waals surface area (Å²) in [5.41, 5.74) is 9.62. The van der Waals surface area contributed by atoms with Gasteiger partial charge in [-0.15, -0.1) is 22.7 Å². The zero-order valence-corrected chi connectivity index (χ0v) is 29.4. The molecule has 7 aromatic carbocycles. The summed E-state index contributed by atoms with van der Waals surface area (Å²) >= 11 is 3.53. The first-order valence-electron chi connectivity index (χ1n) is 17.1. The van der Waals surface area contributed by atoms with Crippen molar-refractivity contribution < 1.29 is 0 Å². The summed E-state index contributed by atoms with van der Waals surface area (Å²) in [6.07, 6.45) is 0. The zero-order valence-electron chi connectivity index (χ0n) is 27.8. The van der Waals surface area contributed by atoms with E-state index >= 15 is 0 Å². The van der Waals surface area contributed by atoms with E-state index in [1.165, 1.54) is 19.5 Å². The summed E-state index contributed by atoms with van der Waals surface area (Å²) in [7, 11) is 0. The predicted molar refractivity (Wildman–Crippen MR) is 219 cm³/mol. The Balaban J connectivity index is 1.12. The van der Waals surface area contributed by atoms with Gasteiger partial charge in [-0.2, -0.15) is 0 Å². The second kappa shape index (κ2) is 12.8. The number of thiazole rings is 1. The molecule has 3 heterocycles. The average molecular weight is 701 g/mol. The van der Waals surface area contributed by atoms with Gasteiger partial charge in [0, 0.05) is 42.4 Å². The Kier molecular flexibility index (Phi) is 7.48. The van der Waals surface area contributed by atoms with Crippen molar-refractivity contribution in [2.75, 3.05) is 0 Å². The van der Waals surface area contributed by atoms with Gasteiger partial charge in [-0.05, 0) is 64.7 Å². The molecule has 0 atom stereocenters. The molecule has 4 nitrogen and oxygen atoms in total. The summed E-state index contributed by atoms with van der Waals surface area (Å²) in [6, 6.07) is 59.3. The van der Waals surface area contributed by atoms with Gasteiger partial charge < -0.3 is 0 Å². The molecule has 0 saturated heterocycles. The van der Waals surface area contributed by atoms with Gasteiger partial charge in [-0.1, -0.05) is 127 Å². The third kappa shape index (κ3) is 5.55. The van der Waals surface area contributed by atoms with Gasteiger partial charge in [-0.25, -0.2) is 19.9 Å². The first kappa shape index (κ1) is 30.5. The van der Waals surface area contributed by atoms with Gasteiger partial charge in [0.15, 0.2) is 17.5 Å². The smallest absolute Gasteiger partial charge is 0.164 e. The van der Waals surface area contributed by atoms with E-state index in [1.807, 2.05) is 30.3 Å². The highest BCUT2D eigenvalue weighted by Gasteiger charge is 2.18. The molecule has 10 aromatic rings. The van der Waals surface area contributed by atoms with Crippen molar-refractivity contribution in [1.29, 1.82) is 0 Å². The molecule has 0 N–H and O–H groups in total. The lowest BCUT2D eigenvalue weighted by atomic mass is 9.99. The molecular weight excluding hydrogens is 673 g/mol. The monoisotopic (exact) mass is 700 g/mol. The Morgan fingerprint density at radius 3 is 1.71 bits per heavy atom. The van der Waals surface area contributed by atoms with Crippen molar-refractivity contribution in [2.24, 2.45) is 0 Å². The second-order valence-corrected chi connectivity index (χ2v) is 14.8. The number of nitrogens with zero attached hydrogens (tertiary/aromatic N) is 4. The van der Waals surface area contributed by atoms with Crippen LogP contribution in [0.15, 0.2) is 170 Å². The van der Waals surface area contributed by atoms with Crippen LogP contribution in [0.2, 0.25) is 0 Å². The molecular formula is C46H28N4S2. The third-order valence-electron chi connectivity index (χ3n) is 9.37. The minimum atomic E-state index is 0.644. The summed E-state index contributed by atoms with van der Waals surface area (Å²) < 4.78 is 3.62. The van der Waals surface area contributed by atoms with Gasteiger partial charge >= 0.3 is 0 Å². The normalized spacial score (nSPS) is 11.5. The number of fused-ring (bicyclic) bond motifs is 4. The van der Waals surface area contributed by atoms with Gasteiger partial charge in [-0.3, -0.25) is 0 Å². The average Bonchev–Trinajstić information content (AvgIpc) is 3.83. The van der Waals surface area contributed by atoms with Crippen molar-refractivity contribution in [3.63, 3.8) is 0 Å². The summed E-state index contributed by atoms with van der Waals surface area (Å²) in [5.74, 6) is 1.95. The molecule has 0 aliphatic carbocycles. The van der Waals surface area contributed by atoms with Crippen LogP contribution in [0, 0.1) is 0 Å². The Morgan fingerprint density at radius 1 is 0.327 bits per heavy atom. The summed E-state index contributed by atoms with van der Waals surface area (Å²) in [4.78, 5) is 20.3. The Bertz CT molecular complexity index is 2880. The number of hydrogen-bond donors (Lipinski definition) is 0. The van der Waals surface area contributed by atoms with Crippen LogP contribution >= 0.6 is 22.7 Å². The molecule has 52 heavy (non-hydrogen) atoms. The van der Waals surface area contributed by atoms with Crippen molar-refractivity contribution >= 4 is 53.1 Å². The van der Waals surface area contributed by atoms with E-state index in [-0.39, 0.29) is 0 Å². The maximum Gasteiger partial charge on any atom is 0.164 e. The van der Waals surface area contributed by atoms with Crippen molar-refractivity contribution in [3.05, 3.63) is 170 Å². The van der Waals surface area contributed by atoms with E-state index in [4.69, 9.17) is 19.9 Å². The Labute approximate surface area is 308 Å². The fourth-order valence-electron chi connectivity index (χ4n) is 6.83. The van der Waals surface area contributed by atoms with Crippen LogP contribution in [-0.4, -0.2) is 19.9 Å². The van der Waals surface area contributed by atoms with Gasteiger partial charge in [0.2, 0.25) is 0 Å². The highest BCUT2D eigenvalue weighted by atomic mass is 32.1. The number of rotatable bonds is 6. The van der Waals surface area contributed by atoms with Gasteiger partial charge in [0.05, 0.1) is 10.2 Å². The van der Waals surface area contributed by atoms with Crippen LogP contribution in [0.4, 0.5) is 0 Å². The molecule has 0 spiro atoms. The molecule has 0 aliphatic rings. The molecule has 10 rings (SSSR count). The summed E-state index contributed by atoms with van der Waals surface area (Å²) in [5, 5.41) is 3.37. The fourth-order valence-corrected chi connectivity index (χ4v) is 8.90. The third-order valence-corrected chi connectivity index (χ3v) is 11.6. The van der Waals surface area contributed by atoms with Crippen LogP contribution in [0.3, 0.4) is 0 Å². The number of benzene rings is 7. The summed E-state index contributed by atoms with van der Waals surface area (Å²) in [6.45, 7) is 0. The minimum absolute atomic E-state index is 0.644. The molecule has 0 amide bonds. The Hall–Kier alpha value is -6.34. The zero-order chi connectivity index (χ0) is 34.4. The van der Waals surface area contributed by atoms with Gasteiger partial charge in [0.25, 0.3) is 0 Å². The lowest BCUT2D eigenvalue weighted by molar-refractivity contribution is 1.08. The van der Waals surface area contributed by atoms with Crippen molar-refractivity contribution in [3.8, 4) is 67.0 Å². The van der Waals surface area contributed by atoms with E-state index in [0.29, 0.717) is 17.5 Å². The molecule has 6 heteroatoms. The van der Waals surface area contributed by atoms with Crippen LogP contribution in [0.25, 0.3) is 97.4 Å². The van der Waals surface area contributed by atoms with E-state index in [9.17, 15) is 0 Å². The van der Waals surface area contributed by atoms with Crippen molar-refractivity contribution in [1.82, 2.24) is 19.9 Å². The topological polar surface area (TPSA) is 51.6 Å².